The number of nitrogens with one attached hydrogen (secondary N) is 1. The van der Waals surface area contributed by atoms with E-state index >= 15 is 0 Å². The smallest absolute Gasteiger partial charge is 0.342 e. The molecular weight excluding hydrogens is 333 g/mol. The van der Waals surface area contributed by atoms with Gasteiger partial charge in [0.1, 0.15) is 0 Å². The van der Waals surface area contributed by atoms with Gasteiger partial charge in [-0.1, -0.05) is 6.92 Å². The number of fused-ring (bicyclic) bond motifs is 1. The molecule has 3 rings (SSSR count). The Morgan fingerprint density at radius 1 is 1.40 bits per heavy atom. The van der Waals surface area contributed by atoms with E-state index in [-0.39, 0.29) is 23.8 Å². The van der Waals surface area contributed by atoms with Crippen LogP contribution in [-0.4, -0.2) is 59.1 Å². The van der Waals surface area contributed by atoms with Gasteiger partial charge in [-0.15, -0.1) is 0 Å². The number of alkyl halides is 3. The van der Waals surface area contributed by atoms with Gasteiger partial charge in [-0.25, -0.2) is 0 Å². The van der Waals surface area contributed by atoms with Crippen molar-refractivity contribution in [1.82, 2.24) is 20.0 Å². The molecular formula is C17H25F3N4O. The van der Waals surface area contributed by atoms with Crippen molar-refractivity contribution in [2.45, 2.75) is 38.8 Å². The number of aromatic nitrogens is 2. The van der Waals surface area contributed by atoms with Crippen LogP contribution in [0.2, 0.25) is 0 Å². The molecule has 0 bridgehead atoms. The third-order valence-corrected chi connectivity index (χ3v) is 5.47. The molecule has 0 radical (unpaired) electrons. The number of carbonyl (C=O) groups excluding carboxylic acids is 1. The SMILES string of the molecule is CCN(C)CC1CCN(C(=O)C2CCc3[nH]nc(C(F)(F)F)c3C2)C1. The predicted molar refractivity (Wildman–Crippen MR) is 87.0 cm³/mol. The molecule has 0 aromatic carbocycles. The average molecular weight is 358 g/mol. The Morgan fingerprint density at radius 2 is 2.16 bits per heavy atom. The summed E-state index contributed by atoms with van der Waals surface area (Å²) in [5, 5.41) is 5.93. The molecule has 0 saturated carbocycles. The minimum Gasteiger partial charge on any atom is -0.342 e. The van der Waals surface area contributed by atoms with Crippen molar-refractivity contribution < 1.29 is 18.0 Å². The normalized spacial score (nSPS) is 24.0. The molecule has 2 heterocycles. The van der Waals surface area contributed by atoms with Crippen LogP contribution in [0.4, 0.5) is 13.2 Å². The Balaban J connectivity index is 1.64. The number of likely N-dealkylation sites (tertiary alicyclic amines) is 1. The summed E-state index contributed by atoms with van der Waals surface area (Å²) in [6.07, 6.45) is -2.34. The van der Waals surface area contributed by atoms with Crippen molar-refractivity contribution in [3.63, 3.8) is 0 Å². The molecule has 1 aliphatic heterocycles. The molecule has 1 aliphatic carbocycles. The minimum atomic E-state index is -4.47. The quantitative estimate of drug-likeness (QED) is 0.899. The van der Waals surface area contributed by atoms with Crippen LogP contribution < -0.4 is 0 Å². The van der Waals surface area contributed by atoms with Gasteiger partial charge < -0.3 is 9.80 Å². The molecule has 2 unspecified atom stereocenters. The van der Waals surface area contributed by atoms with Crippen LogP contribution in [0.3, 0.4) is 0 Å². The highest BCUT2D eigenvalue weighted by Crippen LogP contribution is 2.36. The highest BCUT2D eigenvalue weighted by molar-refractivity contribution is 5.80. The highest BCUT2D eigenvalue weighted by Gasteiger charge is 2.41. The predicted octanol–water partition coefficient (Wildman–Crippen LogP) is 2.33. The summed E-state index contributed by atoms with van der Waals surface area (Å²) in [5.74, 6) is 0.0863. The zero-order chi connectivity index (χ0) is 18.2. The molecule has 1 aromatic rings. The maximum atomic E-state index is 13.1. The summed E-state index contributed by atoms with van der Waals surface area (Å²) in [6, 6.07) is 0. The highest BCUT2D eigenvalue weighted by atomic mass is 19.4. The third-order valence-electron chi connectivity index (χ3n) is 5.47. The Bertz CT molecular complexity index is 628. The Labute approximate surface area is 145 Å². The fourth-order valence-electron chi connectivity index (χ4n) is 3.95. The zero-order valence-electron chi connectivity index (χ0n) is 14.7. The van der Waals surface area contributed by atoms with E-state index < -0.39 is 11.9 Å². The summed E-state index contributed by atoms with van der Waals surface area (Å²) in [7, 11) is 2.06. The third kappa shape index (κ3) is 3.83. The van der Waals surface area contributed by atoms with Crippen LogP contribution in [-0.2, 0) is 23.8 Å². The van der Waals surface area contributed by atoms with E-state index in [2.05, 4.69) is 29.1 Å². The molecule has 0 spiro atoms. The fourth-order valence-corrected chi connectivity index (χ4v) is 3.95. The average Bonchev–Trinajstić information content (AvgIpc) is 3.19. The van der Waals surface area contributed by atoms with Gasteiger partial charge >= 0.3 is 6.18 Å². The minimum absolute atomic E-state index is 0.00151. The summed E-state index contributed by atoms with van der Waals surface area (Å²) in [6.45, 7) is 5.44. The zero-order valence-corrected chi connectivity index (χ0v) is 14.7. The Kier molecular flexibility index (Phi) is 5.09. The van der Waals surface area contributed by atoms with Gasteiger partial charge in [0.15, 0.2) is 5.69 Å². The maximum Gasteiger partial charge on any atom is 0.435 e. The van der Waals surface area contributed by atoms with E-state index in [1.165, 1.54) is 0 Å². The van der Waals surface area contributed by atoms with E-state index in [1.54, 1.807) is 0 Å². The molecule has 1 N–H and O–H groups in total. The number of amides is 1. The van der Waals surface area contributed by atoms with Crippen molar-refractivity contribution >= 4 is 5.91 Å². The van der Waals surface area contributed by atoms with Gasteiger partial charge in [-0.2, -0.15) is 18.3 Å². The van der Waals surface area contributed by atoms with E-state index in [9.17, 15) is 18.0 Å². The second-order valence-electron chi connectivity index (χ2n) is 7.26. The van der Waals surface area contributed by atoms with Gasteiger partial charge in [0.25, 0.3) is 0 Å². The van der Waals surface area contributed by atoms with Crippen molar-refractivity contribution in [2.75, 3.05) is 33.2 Å². The van der Waals surface area contributed by atoms with Crippen molar-refractivity contribution in [3.8, 4) is 0 Å². The van der Waals surface area contributed by atoms with Crippen LogP contribution in [0.15, 0.2) is 0 Å². The number of rotatable bonds is 4. The standard InChI is InChI=1S/C17H25F3N4O/c1-3-23(2)9-11-6-7-24(10-11)16(25)12-4-5-14-13(8-12)15(22-21-14)17(18,19)20/h11-12H,3-10H2,1-2H3,(H,21,22). The maximum absolute atomic E-state index is 13.1. The lowest BCUT2D eigenvalue weighted by molar-refractivity contribution is -0.142. The first kappa shape index (κ1) is 18.2. The first-order valence-electron chi connectivity index (χ1n) is 8.90. The van der Waals surface area contributed by atoms with Gasteiger partial charge in [0.05, 0.1) is 0 Å². The van der Waals surface area contributed by atoms with Crippen LogP contribution in [0.5, 0.6) is 0 Å². The van der Waals surface area contributed by atoms with E-state index in [1.807, 2.05) is 4.90 Å². The van der Waals surface area contributed by atoms with Gasteiger partial charge in [0.2, 0.25) is 5.91 Å². The molecule has 140 valence electrons. The van der Waals surface area contributed by atoms with Gasteiger partial charge in [-0.3, -0.25) is 9.89 Å². The lowest BCUT2D eigenvalue weighted by atomic mass is 9.85. The first-order valence-corrected chi connectivity index (χ1v) is 8.90. The topological polar surface area (TPSA) is 52.2 Å². The summed E-state index contributed by atoms with van der Waals surface area (Å²) >= 11 is 0. The second-order valence-corrected chi connectivity index (χ2v) is 7.26. The van der Waals surface area contributed by atoms with Crippen molar-refractivity contribution in [2.24, 2.45) is 11.8 Å². The van der Waals surface area contributed by atoms with E-state index in [0.29, 0.717) is 37.5 Å². The number of aryl methyl sites for hydroxylation is 1. The summed E-state index contributed by atoms with van der Waals surface area (Å²) in [4.78, 5) is 16.9. The van der Waals surface area contributed by atoms with Gasteiger partial charge in [-0.05, 0) is 45.2 Å². The molecule has 2 aliphatic rings. The molecule has 1 aromatic heterocycles. The molecule has 25 heavy (non-hydrogen) atoms. The largest absolute Gasteiger partial charge is 0.435 e. The van der Waals surface area contributed by atoms with Crippen LogP contribution in [0, 0.1) is 11.8 Å². The van der Waals surface area contributed by atoms with Crippen LogP contribution in [0.25, 0.3) is 0 Å². The van der Waals surface area contributed by atoms with Crippen LogP contribution in [0.1, 0.15) is 36.7 Å². The van der Waals surface area contributed by atoms with E-state index in [0.717, 1.165) is 19.5 Å². The number of nitrogens with zero attached hydrogens (tertiary/aromatic N) is 3. The molecule has 1 amide bonds. The number of H-pyrrole nitrogens is 1. The number of carbonyl (C=O) groups is 1. The molecule has 5 nitrogen and oxygen atoms in total. The van der Waals surface area contributed by atoms with Crippen molar-refractivity contribution in [1.29, 1.82) is 0 Å². The van der Waals surface area contributed by atoms with E-state index in [4.69, 9.17) is 0 Å². The Morgan fingerprint density at radius 3 is 2.84 bits per heavy atom. The summed E-state index contributed by atoms with van der Waals surface area (Å²) in [5.41, 5.74) is -0.150. The lowest BCUT2D eigenvalue weighted by Gasteiger charge is -2.27. The van der Waals surface area contributed by atoms with Crippen LogP contribution >= 0.6 is 0 Å². The molecule has 2 atom stereocenters. The van der Waals surface area contributed by atoms with Crippen molar-refractivity contribution in [3.05, 3.63) is 17.0 Å². The number of halogens is 3. The Hall–Kier alpha value is -1.57. The number of aromatic amines is 1. The monoisotopic (exact) mass is 358 g/mol. The van der Waals surface area contributed by atoms with Gasteiger partial charge in [0, 0.05) is 36.8 Å². The fraction of sp³-hybridized carbons (Fsp3) is 0.765. The second kappa shape index (κ2) is 6.97. The summed E-state index contributed by atoms with van der Waals surface area (Å²) < 4.78 is 39.2. The lowest BCUT2D eigenvalue weighted by Crippen LogP contribution is -2.38. The number of hydrogen-bond acceptors (Lipinski definition) is 3. The molecule has 8 heteroatoms. The number of hydrogen-bond donors (Lipinski definition) is 1. The molecule has 1 saturated heterocycles. The molecule has 1 fully saturated rings. The first-order chi connectivity index (χ1) is 11.8.